The minimum atomic E-state index is -0.209. The molecule has 4 heteroatoms. The molecule has 0 radical (unpaired) electrons. The summed E-state index contributed by atoms with van der Waals surface area (Å²) in [4.78, 5) is 27.5. The molecule has 0 spiro atoms. The fourth-order valence-electron chi connectivity index (χ4n) is 3.86. The molecule has 0 bridgehead atoms. The van der Waals surface area contributed by atoms with Crippen LogP contribution < -0.4 is 5.32 Å². The maximum absolute atomic E-state index is 13.0. The topological polar surface area (TPSA) is 49.4 Å². The highest BCUT2D eigenvalue weighted by Gasteiger charge is 2.34. The summed E-state index contributed by atoms with van der Waals surface area (Å²) in [6, 6.07) is 18.1. The lowest BCUT2D eigenvalue weighted by Crippen LogP contribution is -2.48. The van der Waals surface area contributed by atoms with E-state index >= 15 is 0 Å². The lowest BCUT2D eigenvalue weighted by molar-refractivity contribution is -0.135. The van der Waals surface area contributed by atoms with Crippen LogP contribution in [0.25, 0.3) is 0 Å². The highest BCUT2D eigenvalue weighted by molar-refractivity contribution is 5.82. The zero-order chi connectivity index (χ0) is 19.9. The molecule has 2 amide bonds. The summed E-state index contributed by atoms with van der Waals surface area (Å²) in [7, 11) is 0. The molecule has 1 N–H and O–H groups in total. The molecule has 2 atom stereocenters. The number of nitrogens with one attached hydrogen (secondary N) is 1. The van der Waals surface area contributed by atoms with Gasteiger partial charge in [0.25, 0.3) is 0 Å². The summed E-state index contributed by atoms with van der Waals surface area (Å²) in [6.45, 7) is 7.30. The highest BCUT2D eigenvalue weighted by Crippen LogP contribution is 2.31. The van der Waals surface area contributed by atoms with Gasteiger partial charge >= 0.3 is 0 Å². The van der Waals surface area contributed by atoms with Gasteiger partial charge in [-0.3, -0.25) is 9.59 Å². The Bertz CT molecular complexity index is 832. The number of rotatable bonds is 6. The molecular formula is C24H28N2O2. The van der Waals surface area contributed by atoms with Gasteiger partial charge in [-0.1, -0.05) is 66.2 Å². The van der Waals surface area contributed by atoms with Gasteiger partial charge in [0.05, 0.1) is 12.3 Å². The van der Waals surface area contributed by atoms with Crippen LogP contribution in [0.4, 0.5) is 0 Å². The second-order valence-electron chi connectivity index (χ2n) is 7.54. The fourth-order valence-corrected chi connectivity index (χ4v) is 3.86. The Labute approximate surface area is 167 Å². The fraction of sp³-hybridized carbons (Fsp3) is 0.333. The van der Waals surface area contributed by atoms with Crippen molar-refractivity contribution in [2.24, 2.45) is 5.92 Å². The molecule has 28 heavy (non-hydrogen) atoms. The number of hydrogen-bond donors (Lipinski definition) is 1. The van der Waals surface area contributed by atoms with Crippen LogP contribution in [0.2, 0.25) is 0 Å². The molecule has 0 aromatic heterocycles. The minimum Gasteiger partial charge on any atom is -0.352 e. The first-order valence-corrected chi connectivity index (χ1v) is 9.83. The molecule has 1 heterocycles. The van der Waals surface area contributed by atoms with Crippen molar-refractivity contribution >= 4 is 11.8 Å². The highest BCUT2D eigenvalue weighted by atomic mass is 16.2. The Hall–Kier alpha value is -2.88. The SMILES string of the molecule is C=CCNC(=O)C1CC(c2cccc(C)c2)CN(C(=O)Cc2ccccc2)C1. The Morgan fingerprint density at radius 1 is 1.14 bits per heavy atom. The number of amides is 2. The first-order valence-electron chi connectivity index (χ1n) is 9.83. The first kappa shape index (κ1) is 19.9. The van der Waals surface area contributed by atoms with Gasteiger partial charge in [0.2, 0.25) is 11.8 Å². The van der Waals surface area contributed by atoms with E-state index in [-0.39, 0.29) is 23.7 Å². The van der Waals surface area contributed by atoms with Crippen LogP contribution in [0.5, 0.6) is 0 Å². The van der Waals surface area contributed by atoms with Crippen molar-refractivity contribution in [1.82, 2.24) is 10.2 Å². The van der Waals surface area contributed by atoms with E-state index in [0.717, 1.165) is 12.0 Å². The van der Waals surface area contributed by atoms with E-state index in [0.29, 0.717) is 26.1 Å². The van der Waals surface area contributed by atoms with Gasteiger partial charge in [0.15, 0.2) is 0 Å². The third kappa shape index (κ3) is 5.10. The van der Waals surface area contributed by atoms with Gasteiger partial charge in [-0.25, -0.2) is 0 Å². The van der Waals surface area contributed by atoms with Gasteiger partial charge in [-0.2, -0.15) is 0 Å². The van der Waals surface area contributed by atoms with Gasteiger partial charge in [-0.05, 0) is 24.5 Å². The van der Waals surface area contributed by atoms with Crippen molar-refractivity contribution < 1.29 is 9.59 Å². The summed E-state index contributed by atoms with van der Waals surface area (Å²) < 4.78 is 0. The van der Waals surface area contributed by atoms with E-state index in [1.807, 2.05) is 41.3 Å². The Balaban J connectivity index is 1.78. The van der Waals surface area contributed by atoms with Crippen molar-refractivity contribution in [3.05, 3.63) is 83.9 Å². The number of aryl methyl sites for hydroxylation is 1. The van der Waals surface area contributed by atoms with E-state index in [2.05, 4.69) is 37.0 Å². The average molecular weight is 377 g/mol. The zero-order valence-corrected chi connectivity index (χ0v) is 16.4. The molecule has 1 fully saturated rings. The third-order valence-corrected chi connectivity index (χ3v) is 5.31. The summed E-state index contributed by atoms with van der Waals surface area (Å²) >= 11 is 0. The van der Waals surface area contributed by atoms with Crippen LogP contribution in [-0.2, 0) is 16.0 Å². The quantitative estimate of drug-likeness (QED) is 0.785. The molecule has 4 nitrogen and oxygen atoms in total. The number of likely N-dealkylation sites (tertiary alicyclic amines) is 1. The largest absolute Gasteiger partial charge is 0.352 e. The van der Waals surface area contributed by atoms with Crippen molar-refractivity contribution in [2.45, 2.75) is 25.7 Å². The van der Waals surface area contributed by atoms with Gasteiger partial charge < -0.3 is 10.2 Å². The van der Waals surface area contributed by atoms with Gasteiger partial charge in [0.1, 0.15) is 0 Å². The van der Waals surface area contributed by atoms with E-state index in [1.165, 1.54) is 11.1 Å². The second kappa shape index (κ2) is 9.36. The van der Waals surface area contributed by atoms with Crippen LogP contribution in [0.3, 0.4) is 0 Å². The van der Waals surface area contributed by atoms with Crippen molar-refractivity contribution in [3.63, 3.8) is 0 Å². The molecule has 146 valence electrons. The molecule has 0 aliphatic carbocycles. The van der Waals surface area contributed by atoms with Gasteiger partial charge in [0, 0.05) is 25.6 Å². The predicted molar refractivity (Wildman–Crippen MR) is 112 cm³/mol. The van der Waals surface area contributed by atoms with Crippen LogP contribution in [-0.4, -0.2) is 36.3 Å². The zero-order valence-electron chi connectivity index (χ0n) is 16.4. The van der Waals surface area contributed by atoms with Crippen molar-refractivity contribution in [2.75, 3.05) is 19.6 Å². The smallest absolute Gasteiger partial charge is 0.227 e. The van der Waals surface area contributed by atoms with E-state index in [9.17, 15) is 9.59 Å². The third-order valence-electron chi connectivity index (χ3n) is 5.31. The van der Waals surface area contributed by atoms with E-state index in [1.54, 1.807) is 6.08 Å². The average Bonchev–Trinajstić information content (AvgIpc) is 2.72. The Morgan fingerprint density at radius 3 is 2.64 bits per heavy atom. The molecule has 0 saturated carbocycles. The molecule has 3 rings (SSSR count). The van der Waals surface area contributed by atoms with E-state index in [4.69, 9.17) is 0 Å². The number of carbonyl (C=O) groups is 2. The summed E-state index contributed by atoms with van der Waals surface area (Å²) in [5.74, 6) is 0.0200. The summed E-state index contributed by atoms with van der Waals surface area (Å²) in [6.07, 6.45) is 2.79. The minimum absolute atomic E-state index is 0.00485. The second-order valence-corrected chi connectivity index (χ2v) is 7.54. The molecule has 1 aliphatic heterocycles. The maximum Gasteiger partial charge on any atom is 0.227 e. The Kier molecular flexibility index (Phi) is 6.64. The lowest BCUT2D eigenvalue weighted by Gasteiger charge is -2.37. The number of piperidine rings is 1. The van der Waals surface area contributed by atoms with Crippen molar-refractivity contribution in [1.29, 1.82) is 0 Å². The summed E-state index contributed by atoms with van der Waals surface area (Å²) in [5.41, 5.74) is 3.38. The van der Waals surface area contributed by atoms with Crippen LogP contribution >= 0.6 is 0 Å². The lowest BCUT2D eigenvalue weighted by atomic mass is 9.83. The monoisotopic (exact) mass is 376 g/mol. The van der Waals surface area contributed by atoms with Gasteiger partial charge in [-0.15, -0.1) is 6.58 Å². The molecule has 1 aliphatic rings. The number of carbonyl (C=O) groups excluding carboxylic acids is 2. The first-order chi connectivity index (χ1) is 13.6. The standard InChI is InChI=1S/C24H28N2O2/c1-3-12-25-24(28)22-15-21(20-11-7-8-18(2)13-20)16-26(17-22)23(27)14-19-9-5-4-6-10-19/h3-11,13,21-22H,1,12,14-17H2,2H3,(H,25,28). The predicted octanol–water partition coefficient (Wildman–Crippen LogP) is 3.47. The molecule has 1 saturated heterocycles. The van der Waals surface area contributed by atoms with Crippen LogP contribution in [0.1, 0.15) is 29.0 Å². The van der Waals surface area contributed by atoms with Crippen LogP contribution in [0, 0.1) is 12.8 Å². The molecule has 2 unspecified atom stereocenters. The molecular weight excluding hydrogens is 348 g/mol. The van der Waals surface area contributed by atoms with Crippen LogP contribution in [0.15, 0.2) is 67.3 Å². The van der Waals surface area contributed by atoms with Crippen molar-refractivity contribution in [3.8, 4) is 0 Å². The number of hydrogen-bond acceptors (Lipinski definition) is 2. The maximum atomic E-state index is 13.0. The number of nitrogens with zero attached hydrogens (tertiary/aromatic N) is 1. The van der Waals surface area contributed by atoms with E-state index < -0.39 is 0 Å². The summed E-state index contributed by atoms with van der Waals surface area (Å²) in [5, 5.41) is 2.90. The normalized spacial score (nSPS) is 19.1. The molecule has 2 aromatic carbocycles. The number of benzene rings is 2. The Morgan fingerprint density at radius 2 is 1.93 bits per heavy atom. The molecule has 2 aromatic rings.